The maximum absolute atomic E-state index is 12.5. The van der Waals surface area contributed by atoms with Crippen LogP contribution < -0.4 is 4.74 Å². The number of amides is 1. The normalized spacial score (nSPS) is 14.2. The van der Waals surface area contributed by atoms with E-state index in [9.17, 15) is 4.79 Å². The molecule has 0 bridgehead atoms. The molecule has 1 saturated heterocycles. The van der Waals surface area contributed by atoms with Gasteiger partial charge in [-0.1, -0.05) is 47.2 Å². The Morgan fingerprint density at radius 3 is 2.64 bits per heavy atom. The summed E-state index contributed by atoms with van der Waals surface area (Å²) >= 11 is 7.49. The summed E-state index contributed by atoms with van der Waals surface area (Å²) in [7, 11) is 0. The van der Waals surface area contributed by atoms with Crippen LogP contribution >= 0.6 is 22.9 Å². The maximum Gasteiger partial charge on any atom is 0.273 e. The van der Waals surface area contributed by atoms with Gasteiger partial charge in [-0.25, -0.2) is 4.98 Å². The fourth-order valence-electron chi connectivity index (χ4n) is 2.75. The van der Waals surface area contributed by atoms with Crippen LogP contribution in [0, 0.1) is 0 Å². The molecule has 2 aromatic carbocycles. The molecule has 0 spiro atoms. The van der Waals surface area contributed by atoms with Crippen molar-refractivity contribution in [2.24, 2.45) is 0 Å². The van der Waals surface area contributed by atoms with Crippen LogP contribution in [0.4, 0.5) is 0 Å². The van der Waals surface area contributed by atoms with E-state index in [4.69, 9.17) is 16.3 Å². The van der Waals surface area contributed by atoms with Gasteiger partial charge in [0, 0.05) is 22.2 Å². The number of rotatable bonds is 4. The number of hydrogen-bond donors (Lipinski definition) is 0. The molecule has 126 valence electrons. The van der Waals surface area contributed by atoms with Gasteiger partial charge in [-0.3, -0.25) is 4.79 Å². The van der Waals surface area contributed by atoms with Crippen molar-refractivity contribution in [1.82, 2.24) is 9.88 Å². The Morgan fingerprint density at radius 2 is 1.96 bits per heavy atom. The summed E-state index contributed by atoms with van der Waals surface area (Å²) in [6.07, 6.45) is 1.74. The lowest BCUT2D eigenvalue weighted by Crippen LogP contribution is -2.56. The Morgan fingerprint density at radius 1 is 1.16 bits per heavy atom. The molecule has 6 heteroatoms. The summed E-state index contributed by atoms with van der Waals surface area (Å²) in [5, 5.41) is 3.23. The molecule has 1 fully saturated rings. The first-order valence-electron chi connectivity index (χ1n) is 7.90. The summed E-state index contributed by atoms with van der Waals surface area (Å²) in [6, 6.07) is 15.3. The van der Waals surface area contributed by atoms with Crippen LogP contribution in [0.2, 0.25) is 5.02 Å². The topological polar surface area (TPSA) is 42.4 Å². The largest absolute Gasteiger partial charge is 0.463 e. The van der Waals surface area contributed by atoms with E-state index in [0.717, 1.165) is 11.1 Å². The molecule has 2 heterocycles. The standard InChI is InChI=1S/C19H15ClN2O2S/c20-16-3-1-2-15(10-16)13-4-6-14(7-5-13)18(23)22-11-17(12-22)24-19-21-8-9-25-19/h1-10,17H,11-12H2. The number of benzene rings is 2. The molecule has 0 atom stereocenters. The van der Waals surface area contributed by atoms with Gasteiger partial charge in [0.05, 0.1) is 13.1 Å². The van der Waals surface area contributed by atoms with Gasteiger partial charge < -0.3 is 9.64 Å². The molecule has 4 rings (SSSR count). The molecule has 0 N–H and O–H groups in total. The Hall–Kier alpha value is -2.37. The smallest absolute Gasteiger partial charge is 0.273 e. The highest BCUT2D eigenvalue weighted by molar-refractivity contribution is 7.11. The van der Waals surface area contributed by atoms with E-state index in [1.54, 1.807) is 11.1 Å². The zero-order chi connectivity index (χ0) is 17.2. The van der Waals surface area contributed by atoms with Gasteiger partial charge in [0.1, 0.15) is 6.10 Å². The predicted molar refractivity (Wildman–Crippen MR) is 99.3 cm³/mol. The summed E-state index contributed by atoms with van der Waals surface area (Å²) in [5.41, 5.74) is 2.75. The second kappa shape index (κ2) is 6.86. The summed E-state index contributed by atoms with van der Waals surface area (Å²) in [6.45, 7) is 1.18. The first-order valence-corrected chi connectivity index (χ1v) is 9.16. The highest BCUT2D eigenvalue weighted by Gasteiger charge is 2.33. The number of ether oxygens (including phenoxy) is 1. The number of carbonyl (C=O) groups excluding carboxylic acids is 1. The van der Waals surface area contributed by atoms with Gasteiger partial charge in [-0.2, -0.15) is 0 Å². The van der Waals surface area contributed by atoms with Crippen molar-refractivity contribution < 1.29 is 9.53 Å². The molecule has 1 aliphatic rings. The number of carbonyl (C=O) groups is 1. The predicted octanol–water partition coefficient (Wildman–Crippen LogP) is 4.37. The lowest BCUT2D eigenvalue weighted by atomic mass is 10.0. The van der Waals surface area contributed by atoms with E-state index in [1.807, 2.05) is 53.9 Å². The van der Waals surface area contributed by atoms with E-state index in [0.29, 0.717) is 28.9 Å². The Balaban J connectivity index is 1.38. The van der Waals surface area contributed by atoms with Crippen molar-refractivity contribution in [3.63, 3.8) is 0 Å². The Kier molecular flexibility index (Phi) is 4.42. The summed E-state index contributed by atoms with van der Waals surface area (Å²) < 4.78 is 5.70. The Bertz CT molecular complexity index is 875. The van der Waals surface area contributed by atoms with E-state index in [-0.39, 0.29) is 12.0 Å². The molecule has 25 heavy (non-hydrogen) atoms. The van der Waals surface area contributed by atoms with Crippen molar-refractivity contribution in [2.75, 3.05) is 13.1 Å². The SMILES string of the molecule is O=C(c1ccc(-c2cccc(Cl)c2)cc1)N1CC(Oc2nccs2)C1. The van der Waals surface area contributed by atoms with Gasteiger partial charge in [0.15, 0.2) is 0 Å². The molecule has 4 nitrogen and oxygen atoms in total. The molecule has 0 aliphatic carbocycles. The quantitative estimate of drug-likeness (QED) is 0.685. The molecular formula is C19H15ClN2O2S. The fraction of sp³-hybridized carbons (Fsp3) is 0.158. The average molecular weight is 371 g/mol. The fourth-order valence-corrected chi connectivity index (χ4v) is 3.49. The third-order valence-electron chi connectivity index (χ3n) is 4.10. The Labute approximate surface area is 154 Å². The zero-order valence-electron chi connectivity index (χ0n) is 13.3. The van der Waals surface area contributed by atoms with Crippen molar-refractivity contribution in [1.29, 1.82) is 0 Å². The number of likely N-dealkylation sites (tertiary alicyclic amines) is 1. The monoisotopic (exact) mass is 370 g/mol. The van der Waals surface area contributed by atoms with Crippen LogP contribution in [-0.4, -0.2) is 35.0 Å². The van der Waals surface area contributed by atoms with Crippen molar-refractivity contribution in [3.05, 3.63) is 70.7 Å². The van der Waals surface area contributed by atoms with E-state index >= 15 is 0 Å². The molecule has 1 amide bonds. The van der Waals surface area contributed by atoms with Crippen molar-refractivity contribution in [2.45, 2.75) is 6.10 Å². The van der Waals surface area contributed by atoms with Gasteiger partial charge in [0.2, 0.25) is 0 Å². The zero-order valence-corrected chi connectivity index (χ0v) is 14.8. The van der Waals surface area contributed by atoms with Gasteiger partial charge in [-0.15, -0.1) is 0 Å². The first-order chi connectivity index (χ1) is 12.2. The first kappa shape index (κ1) is 16.1. The van der Waals surface area contributed by atoms with E-state index < -0.39 is 0 Å². The van der Waals surface area contributed by atoms with Gasteiger partial charge in [-0.05, 0) is 35.4 Å². The molecule has 0 radical (unpaired) electrons. The minimum atomic E-state index is 0.0247. The van der Waals surface area contributed by atoms with Crippen LogP contribution in [-0.2, 0) is 0 Å². The number of thiazole rings is 1. The molecule has 0 unspecified atom stereocenters. The second-order valence-electron chi connectivity index (χ2n) is 5.84. The third-order valence-corrected chi connectivity index (χ3v) is 5.00. The summed E-state index contributed by atoms with van der Waals surface area (Å²) in [4.78, 5) is 18.4. The molecule has 3 aromatic rings. The van der Waals surface area contributed by atoms with Gasteiger partial charge in [0.25, 0.3) is 11.1 Å². The van der Waals surface area contributed by atoms with Crippen molar-refractivity contribution in [3.8, 4) is 16.3 Å². The molecule has 0 saturated carbocycles. The van der Waals surface area contributed by atoms with E-state index in [1.165, 1.54) is 11.3 Å². The molecule has 1 aromatic heterocycles. The van der Waals surface area contributed by atoms with Crippen LogP contribution in [0.1, 0.15) is 10.4 Å². The molecule has 1 aliphatic heterocycles. The van der Waals surface area contributed by atoms with Crippen LogP contribution in [0.3, 0.4) is 0 Å². The van der Waals surface area contributed by atoms with Crippen LogP contribution in [0.15, 0.2) is 60.1 Å². The number of hydrogen-bond acceptors (Lipinski definition) is 4. The highest BCUT2D eigenvalue weighted by Crippen LogP contribution is 2.25. The minimum Gasteiger partial charge on any atom is -0.463 e. The van der Waals surface area contributed by atoms with Crippen LogP contribution in [0.25, 0.3) is 11.1 Å². The number of nitrogens with zero attached hydrogens (tertiary/aromatic N) is 2. The highest BCUT2D eigenvalue weighted by atomic mass is 35.5. The number of halogens is 1. The lowest BCUT2D eigenvalue weighted by Gasteiger charge is -2.38. The van der Waals surface area contributed by atoms with Crippen molar-refractivity contribution >= 4 is 28.8 Å². The number of aromatic nitrogens is 1. The third kappa shape index (κ3) is 3.52. The minimum absolute atomic E-state index is 0.0247. The summed E-state index contributed by atoms with van der Waals surface area (Å²) in [5.74, 6) is 0.0247. The van der Waals surface area contributed by atoms with Crippen LogP contribution in [0.5, 0.6) is 5.19 Å². The molecular weight excluding hydrogens is 356 g/mol. The van der Waals surface area contributed by atoms with E-state index in [2.05, 4.69) is 4.98 Å². The average Bonchev–Trinajstić information content (AvgIpc) is 3.10. The van der Waals surface area contributed by atoms with Gasteiger partial charge >= 0.3 is 0 Å². The second-order valence-corrected chi connectivity index (χ2v) is 7.13. The lowest BCUT2D eigenvalue weighted by molar-refractivity contribution is 0.0177. The maximum atomic E-state index is 12.5.